The number of aliphatic hydroxyl groups excluding tert-OH is 1. The summed E-state index contributed by atoms with van der Waals surface area (Å²) in [6.45, 7) is 3.42. The second kappa shape index (κ2) is 4.97. The van der Waals surface area contributed by atoms with Gasteiger partial charge in [0.15, 0.2) is 0 Å². The van der Waals surface area contributed by atoms with E-state index in [2.05, 4.69) is 11.0 Å². The molecule has 1 aliphatic rings. The molecular formula is C12H16ClNO. The van der Waals surface area contributed by atoms with Crippen LogP contribution in [0.1, 0.15) is 5.56 Å². The molecular weight excluding hydrogens is 210 g/mol. The van der Waals surface area contributed by atoms with Gasteiger partial charge in [-0.1, -0.05) is 29.8 Å². The lowest BCUT2D eigenvalue weighted by atomic mass is 10.0. The lowest BCUT2D eigenvalue weighted by molar-refractivity contribution is 0.0551. The largest absolute Gasteiger partial charge is 0.396 e. The van der Waals surface area contributed by atoms with Crippen molar-refractivity contribution < 1.29 is 5.11 Å². The summed E-state index contributed by atoms with van der Waals surface area (Å²) < 4.78 is 0. The van der Waals surface area contributed by atoms with Crippen molar-refractivity contribution in [2.45, 2.75) is 6.42 Å². The predicted octanol–water partition coefficient (Wildman–Crippen LogP) is 1.81. The SMILES string of the molecule is OCC1CN(CCc2ccccc2Cl)C1. The van der Waals surface area contributed by atoms with E-state index in [1.54, 1.807) is 0 Å². The zero-order valence-corrected chi connectivity index (χ0v) is 9.45. The molecule has 1 heterocycles. The Kier molecular flexibility index (Phi) is 3.62. The minimum Gasteiger partial charge on any atom is -0.396 e. The van der Waals surface area contributed by atoms with Crippen molar-refractivity contribution >= 4 is 11.6 Å². The van der Waals surface area contributed by atoms with E-state index in [4.69, 9.17) is 16.7 Å². The second-order valence-electron chi connectivity index (χ2n) is 4.15. The number of aliphatic hydroxyl groups is 1. The quantitative estimate of drug-likeness (QED) is 0.845. The van der Waals surface area contributed by atoms with Crippen LogP contribution in [0.4, 0.5) is 0 Å². The van der Waals surface area contributed by atoms with Gasteiger partial charge in [0, 0.05) is 37.2 Å². The van der Waals surface area contributed by atoms with E-state index in [-0.39, 0.29) is 0 Å². The first kappa shape index (κ1) is 10.9. The Labute approximate surface area is 95.5 Å². The van der Waals surface area contributed by atoms with E-state index in [0.29, 0.717) is 12.5 Å². The van der Waals surface area contributed by atoms with Crippen LogP contribution in [-0.4, -0.2) is 36.2 Å². The molecule has 2 rings (SSSR count). The maximum absolute atomic E-state index is 8.89. The number of benzene rings is 1. The molecule has 3 heteroatoms. The first-order valence-corrected chi connectivity index (χ1v) is 5.74. The molecule has 1 aromatic carbocycles. The van der Waals surface area contributed by atoms with Crippen molar-refractivity contribution in [2.75, 3.05) is 26.2 Å². The topological polar surface area (TPSA) is 23.5 Å². The lowest BCUT2D eigenvalue weighted by Gasteiger charge is -2.38. The molecule has 1 N–H and O–H groups in total. The van der Waals surface area contributed by atoms with Crippen molar-refractivity contribution in [1.82, 2.24) is 4.90 Å². The minimum absolute atomic E-state index is 0.322. The summed E-state index contributed by atoms with van der Waals surface area (Å²) in [6, 6.07) is 7.99. The molecule has 15 heavy (non-hydrogen) atoms. The van der Waals surface area contributed by atoms with Gasteiger partial charge in [-0.25, -0.2) is 0 Å². The van der Waals surface area contributed by atoms with Crippen LogP contribution in [-0.2, 0) is 6.42 Å². The normalized spacial score (nSPS) is 17.7. The van der Waals surface area contributed by atoms with Crippen LogP contribution in [0, 0.1) is 5.92 Å². The van der Waals surface area contributed by atoms with Gasteiger partial charge >= 0.3 is 0 Å². The van der Waals surface area contributed by atoms with Crippen LogP contribution in [0.15, 0.2) is 24.3 Å². The van der Waals surface area contributed by atoms with Crippen molar-refractivity contribution in [2.24, 2.45) is 5.92 Å². The van der Waals surface area contributed by atoms with E-state index in [1.165, 1.54) is 5.56 Å². The monoisotopic (exact) mass is 225 g/mol. The van der Waals surface area contributed by atoms with Crippen LogP contribution < -0.4 is 0 Å². The summed E-state index contributed by atoms with van der Waals surface area (Å²) in [7, 11) is 0. The van der Waals surface area contributed by atoms with Gasteiger partial charge in [-0.05, 0) is 18.1 Å². The summed E-state index contributed by atoms with van der Waals surface area (Å²) in [6.07, 6.45) is 0.998. The Bertz CT molecular complexity index is 323. The van der Waals surface area contributed by atoms with Gasteiger partial charge in [0.25, 0.3) is 0 Å². The average Bonchev–Trinajstić information content (AvgIpc) is 2.18. The highest BCUT2D eigenvalue weighted by atomic mass is 35.5. The third kappa shape index (κ3) is 2.71. The molecule has 1 saturated heterocycles. The maximum Gasteiger partial charge on any atom is 0.0483 e. The van der Waals surface area contributed by atoms with Crippen molar-refractivity contribution in [3.63, 3.8) is 0 Å². The molecule has 0 unspecified atom stereocenters. The molecule has 0 aliphatic carbocycles. The summed E-state index contributed by atoms with van der Waals surface area (Å²) >= 11 is 6.07. The number of likely N-dealkylation sites (tertiary alicyclic amines) is 1. The number of hydrogen-bond acceptors (Lipinski definition) is 2. The van der Waals surface area contributed by atoms with Crippen LogP contribution in [0.25, 0.3) is 0 Å². The molecule has 0 spiro atoms. The van der Waals surface area contributed by atoms with Gasteiger partial charge < -0.3 is 10.0 Å². The van der Waals surface area contributed by atoms with Gasteiger partial charge in [-0.2, -0.15) is 0 Å². The summed E-state index contributed by atoms with van der Waals surface area (Å²) in [5.74, 6) is 0.497. The third-order valence-electron chi connectivity index (χ3n) is 2.95. The van der Waals surface area contributed by atoms with E-state index >= 15 is 0 Å². The molecule has 0 bridgehead atoms. The fourth-order valence-electron chi connectivity index (χ4n) is 1.95. The Morgan fingerprint density at radius 3 is 2.73 bits per heavy atom. The first-order valence-electron chi connectivity index (χ1n) is 5.36. The van der Waals surface area contributed by atoms with Gasteiger partial charge in [-0.3, -0.25) is 0 Å². The van der Waals surface area contributed by atoms with Crippen LogP contribution >= 0.6 is 11.6 Å². The Morgan fingerprint density at radius 1 is 1.33 bits per heavy atom. The highest BCUT2D eigenvalue weighted by Crippen LogP contribution is 2.18. The maximum atomic E-state index is 8.89. The number of halogens is 1. The van der Waals surface area contributed by atoms with E-state index < -0.39 is 0 Å². The molecule has 1 aromatic rings. The smallest absolute Gasteiger partial charge is 0.0483 e. The standard InChI is InChI=1S/C12H16ClNO/c13-12-4-2-1-3-11(12)5-6-14-7-10(8-14)9-15/h1-4,10,15H,5-9H2. The minimum atomic E-state index is 0.322. The first-order chi connectivity index (χ1) is 7.29. The molecule has 0 amide bonds. The number of nitrogens with zero attached hydrogens (tertiary/aromatic N) is 1. The van der Waals surface area contributed by atoms with Gasteiger partial charge in [0.2, 0.25) is 0 Å². The highest BCUT2D eigenvalue weighted by Gasteiger charge is 2.25. The van der Waals surface area contributed by atoms with Crippen LogP contribution in [0.5, 0.6) is 0 Å². The molecule has 0 atom stereocenters. The summed E-state index contributed by atoms with van der Waals surface area (Å²) in [5.41, 5.74) is 1.21. The highest BCUT2D eigenvalue weighted by molar-refractivity contribution is 6.31. The molecule has 1 fully saturated rings. The van der Waals surface area contributed by atoms with Crippen molar-refractivity contribution in [3.05, 3.63) is 34.9 Å². The zero-order chi connectivity index (χ0) is 10.7. The van der Waals surface area contributed by atoms with Crippen LogP contribution in [0.3, 0.4) is 0 Å². The zero-order valence-electron chi connectivity index (χ0n) is 8.69. The van der Waals surface area contributed by atoms with E-state index in [1.807, 2.05) is 18.2 Å². The molecule has 0 aromatic heterocycles. The Morgan fingerprint density at radius 2 is 2.07 bits per heavy atom. The molecule has 82 valence electrons. The van der Waals surface area contributed by atoms with Crippen LogP contribution in [0.2, 0.25) is 5.02 Å². The van der Waals surface area contributed by atoms with Crippen molar-refractivity contribution in [1.29, 1.82) is 0 Å². The van der Waals surface area contributed by atoms with Crippen molar-refractivity contribution in [3.8, 4) is 0 Å². The summed E-state index contributed by atoms with van der Waals surface area (Å²) in [4.78, 5) is 2.35. The number of hydrogen-bond donors (Lipinski definition) is 1. The number of rotatable bonds is 4. The van der Waals surface area contributed by atoms with Gasteiger partial charge in [0.05, 0.1) is 0 Å². The third-order valence-corrected chi connectivity index (χ3v) is 3.31. The summed E-state index contributed by atoms with van der Waals surface area (Å²) in [5, 5.41) is 9.74. The Hall–Kier alpha value is -0.570. The lowest BCUT2D eigenvalue weighted by Crippen LogP contribution is -2.48. The molecule has 2 nitrogen and oxygen atoms in total. The van der Waals surface area contributed by atoms with E-state index in [9.17, 15) is 0 Å². The van der Waals surface area contributed by atoms with Gasteiger partial charge in [-0.15, -0.1) is 0 Å². The van der Waals surface area contributed by atoms with E-state index in [0.717, 1.165) is 31.1 Å². The van der Waals surface area contributed by atoms with Gasteiger partial charge in [0.1, 0.15) is 0 Å². The predicted molar refractivity (Wildman–Crippen MR) is 62.2 cm³/mol. The Balaban J connectivity index is 1.77. The fraction of sp³-hybridized carbons (Fsp3) is 0.500. The molecule has 1 aliphatic heterocycles. The fourth-order valence-corrected chi connectivity index (χ4v) is 2.18. The molecule has 0 saturated carbocycles. The molecule has 0 radical (unpaired) electrons. The average molecular weight is 226 g/mol. The second-order valence-corrected chi connectivity index (χ2v) is 4.56.